The van der Waals surface area contributed by atoms with Crippen LogP contribution in [0.15, 0.2) is 163 Å². The Kier molecular flexibility index (Phi) is 7.07. The van der Waals surface area contributed by atoms with Crippen LogP contribution in [0.5, 0.6) is 0 Å². The Morgan fingerprint density at radius 3 is 2.15 bits per heavy atom. The summed E-state index contributed by atoms with van der Waals surface area (Å²) >= 11 is 0. The average Bonchev–Trinajstić information content (AvgIpc) is 3.46. The molecule has 0 N–H and O–H groups in total. The summed E-state index contributed by atoms with van der Waals surface area (Å²) in [7, 11) is 0. The van der Waals surface area contributed by atoms with Crippen molar-refractivity contribution < 1.29 is 0 Å². The molecule has 0 radical (unpaired) electrons. The van der Waals surface area contributed by atoms with Gasteiger partial charge in [-0.15, -0.1) is 0 Å². The summed E-state index contributed by atoms with van der Waals surface area (Å²) in [6.07, 6.45) is 9.90. The van der Waals surface area contributed by atoms with E-state index in [-0.39, 0.29) is 0 Å². The number of rotatable bonds is 2. The van der Waals surface area contributed by atoms with Crippen molar-refractivity contribution in [3.8, 4) is 11.1 Å². The monoisotopic (exact) mass is 593 g/mol. The van der Waals surface area contributed by atoms with Gasteiger partial charge in [-0.25, -0.2) is 4.99 Å². The van der Waals surface area contributed by atoms with Gasteiger partial charge in [-0.3, -0.25) is 4.57 Å². The minimum Gasteiger partial charge on any atom is -0.307 e. The Hall–Kier alpha value is -5.67. The lowest BCUT2D eigenvalue weighted by atomic mass is 9.93. The molecule has 3 heteroatoms. The quantitative estimate of drug-likeness (QED) is 0.195. The van der Waals surface area contributed by atoms with Crippen LogP contribution in [0.1, 0.15) is 25.8 Å². The Morgan fingerprint density at radius 1 is 0.630 bits per heavy atom. The van der Waals surface area contributed by atoms with E-state index in [0.717, 1.165) is 34.9 Å². The highest BCUT2D eigenvalue weighted by Crippen LogP contribution is 2.39. The number of nitrogens with zero attached hydrogens (tertiary/aromatic N) is 3. The van der Waals surface area contributed by atoms with Gasteiger partial charge < -0.3 is 4.90 Å². The van der Waals surface area contributed by atoms with Gasteiger partial charge in [0, 0.05) is 29.1 Å². The van der Waals surface area contributed by atoms with Gasteiger partial charge >= 0.3 is 0 Å². The predicted molar refractivity (Wildman–Crippen MR) is 197 cm³/mol. The Morgan fingerprint density at radius 2 is 1.30 bits per heavy atom. The third kappa shape index (κ3) is 4.55. The van der Waals surface area contributed by atoms with E-state index in [2.05, 4.69) is 175 Å². The van der Waals surface area contributed by atoms with Gasteiger partial charge in [0.15, 0.2) is 0 Å². The molecule has 1 aromatic heterocycles. The third-order valence-electron chi connectivity index (χ3n) is 8.83. The van der Waals surface area contributed by atoms with Crippen molar-refractivity contribution >= 4 is 54.9 Å². The van der Waals surface area contributed by atoms with Gasteiger partial charge in [0.25, 0.3) is 0 Å². The first-order valence-corrected chi connectivity index (χ1v) is 16.2. The van der Waals surface area contributed by atoms with E-state index in [1.54, 1.807) is 0 Å². The van der Waals surface area contributed by atoms with E-state index in [1.807, 2.05) is 0 Å². The summed E-state index contributed by atoms with van der Waals surface area (Å²) in [5.74, 6) is 0.922. The fourth-order valence-electron chi connectivity index (χ4n) is 6.88. The topological polar surface area (TPSA) is 20.5 Å². The second-order valence-corrected chi connectivity index (χ2v) is 11.9. The maximum atomic E-state index is 5.22. The maximum Gasteiger partial charge on any atom is 0.215 e. The summed E-state index contributed by atoms with van der Waals surface area (Å²) in [5.41, 5.74) is 8.23. The largest absolute Gasteiger partial charge is 0.307 e. The zero-order chi connectivity index (χ0) is 31.0. The van der Waals surface area contributed by atoms with E-state index >= 15 is 0 Å². The highest BCUT2D eigenvalue weighted by atomic mass is 15.3. The zero-order valence-electron chi connectivity index (χ0n) is 26.2. The second kappa shape index (κ2) is 11.7. The van der Waals surface area contributed by atoms with Crippen molar-refractivity contribution in [2.75, 3.05) is 6.54 Å². The normalized spacial score (nSPS) is 14.1. The molecule has 0 amide bonds. The molecule has 0 saturated carbocycles. The second-order valence-electron chi connectivity index (χ2n) is 11.9. The van der Waals surface area contributed by atoms with Crippen LogP contribution in [0.3, 0.4) is 0 Å². The van der Waals surface area contributed by atoms with Gasteiger partial charge in [0.1, 0.15) is 0 Å². The number of para-hydroxylation sites is 1. The molecule has 0 bridgehead atoms. The Labute approximate surface area is 269 Å². The molecule has 222 valence electrons. The number of aliphatic imine (C=N–C) groups is 1. The van der Waals surface area contributed by atoms with Crippen LogP contribution in [-0.2, 0) is 0 Å². The molecular formula is C43H35N3. The van der Waals surface area contributed by atoms with Crippen LogP contribution in [0.4, 0.5) is 0 Å². The van der Waals surface area contributed by atoms with Gasteiger partial charge in [-0.2, -0.15) is 0 Å². The molecule has 9 rings (SSSR count). The molecule has 2 aliphatic rings. The lowest BCUT2D eigenvalue weighted by Crippen LogP contribution is -2.38. The summed E-state index contributed by atoms with van der Waals surface area (Å²) in [4.78, 5) is 7.56. The first kappa shape index (κ1) is 27.8. The zero-order valence-corrected chi connectivity index (χ0v) is 26.2. The molecule has 0 aliphatic carbocycles. The summed E-state index contributed by atoms with van der Waals surface area (Å²) in [6.45, 7) is 5.01. The van der Waals surface area contributed by atoms with E-state index in [0.29, 0.717) is 0 Å². The standard InChI is InChI=1S/C40H27N3.C3H8/c1-3-16-31-27(11-1)13-10-19-32(31)29-14-9-15-30(25-29)35-26-41-40(42-24-8-7-20-36(35)42)43-37-21-6-5-18-34(37)39-33-17-4-2-12-28(33)22-23-38(39)43;1-3-2/h1-23,25-26H,24H2;3H2,1-2H3. The minimum atomic E-state index is 0.757. The van der Waals surface area contributed by atoms with Crippen LogP contribution in [0, 0.1) is 0 Å². The molecule has 3 heterocycles. The van der Waals surface area contributed by atoms with E-state index in [4.69, 9.17) is 4.99 Å². The number of fused-ring (bicyclic) bond motifs is 7. The molecule has 3 nitrogen and oxygen atoms in total. The van der Waals surface area contributed by atoms with Crippen LogP contribution < -0.4 is 0 Å². The molecule has 0 unspecified atom stereocenters. The number of hydrogen-bond acceptors (Lipinski definition) is 2. The van der Waals surface area contributed by atoms with Crippen LogP contribution in [0.25, 0.3) is 60.1 Å². The molecule has 0 spiro atoms. The summed E-state index contributed by atoms with van der Waals surface area (Å²) in [5, 5.41) is 7.54. The van der Waals surface area contributed by atoms with Crippen LogP contribution in [-0.4, -0.2) is 22.0 Å². The lowest BCUT2D eigenvalue weighted by Gasteiger charge is -2.34. The van der Waals surface area contributed by atoms with Gasteiger partial charge in [-0.05, 0) is 62.5 Å². The third-order valence-corrected chi connectivity index (χ3v) is 8.83. The SMILES string of the molecule is C1=CCN2C(=C1)C(c1cccc(-c3cccc4ccccc34)c1)=CN=C2n1c2ccccc2c2c3ccccc3ccc21.CCC. The van der Waals surface area contributed by atoms with Crippen molar-refractivity contribution in [3.63, 3.8) is 0 Å². The van der Waals surface area contributed by atoms with Crippen molar-refractivity contribution in [2.45, 2.75) is 20.3 Å². The molecule has 0 atom stereocenters. The molecular weight excluding hydrogens is 558 g/mol. The molecule has 0 fully saturated rings. The van der Waals surface area contributed by atoms with Crippen molar-refractivity contribution in [3.05, 3.63) is 163 Å². The van der Waals surface area contributed by atoms with Crippen LogP contribution >= 0.6 is 0 Å². The van der Waals surface area contributed by atoms with Crippen molar-refractivity contribution in [2.24, 2.45) is 4.99 Å². The van der Waals surface area contributed by atoms with Crippen molar-refractivity contribution in [1.82, 2.24) is 9.47 Å². The first-order chi connectivity index (χ1) is 22.8. The number of allylic oxidation sites excluding steroid dienone is 3. The molecule has 0 saturated heterocycles. The van der Waals surface area contributed by atoms with E-state index < -0.39 is 0 Å². The average molecular weight is 594 g/mol. The number of benzene rings is 6. The van der Waals surface area contributed by atoms with Gasteiger partial charge in [0.05, 0.1) is 16.7 Å². The molecule has 7 aromatic rings. The first-order valence-electron chi connectivity index (χ1n) is 16.2. The van der Waals surface area contributed by atoms with Crippen molar-refractivity contribution in [1.29, 1.82) is 0 Å². The Balaban J connectivity index is 0.00000100. The number of aromatic nitrogens is 1. The minimum absolute atomic E-state index is 0.757. The maximum absolute atomic E-state index is 5.22. The highest BCUT2D eigenvalue weighted by Gasteiger charge is 2.28. The van der Waals surface area contributed by atoms with E-state index in [9.17, 15) is 0 Å². The van der Waals surface area contributed by atoms with E-state index in [1.165, 1.54) is 55.4 Å². The summed E-state index contributed by atoms with van der Waals surface area (Å²) < 4.78 is 2.34. The highest BCUT2D eigenvalue weighted by molar-refractivity contribution is 6.23. The fourth-order valence-corrected chi connectivity index (χ4v) is 6.88. The Bertz CT molecular complexity index is 2390. The molecule has 46 heavy (non-hydrogen) atoms. The number of hydrogen-bond donors (Lipinski definition) is 0. The molecule has 6 aromatic carbocycles. The predicted octanol–water partition coefficient (Wildman–Crippen LogP) is 11.2. The fraction of sp³-hybridized carbons (Fsp3) is 0.0930. The van der Waals surface area contributed by atoms with Crippen LogP contribution in [0.2, 0.25) is 0 Å². The lowest BCUT2D eigenvalue weighted by molar-refractivity contribution is 0.562. The van der Waals surface area contributed by atoms with Gasteiger partial charge in [-0.1, -0.05) is 142 Å². The molecule has 2 aliphatic heterocycles. The summed E-state index contributed by atoms with van der Waals surface area (Å²) in [6, 6.07) is 45.8. The van der Waals surface area contributed by atoms with Gasteiger partial charge in [0.2, 0.25) is 5.96 Å². The smallest absolute Gasteiger partial charge is 0.215 e.